The van der Waals surface area contributed by atoms with Crippen LogP contribution in [0.2, 0.25) is 0 Å². The van der Waals surface area contributed by atoms with Crippen molar-refractivity contribution in [2.24, 2.45) is 0 Å². The number of carbonyl (C=O) groups excluding carboxylic acids is 1. The predicted molar refractivity (Wildman–Crippen MR) is 151 cm³/mol. The Bertz CT molecular complexity index is 1800. The molecular weight excluding hydrogens is 553 g/mol. The van der Waals surface area contributed by atoms with Gasteiger partial charge in [0.15, 0.2) is 0 Å². The first-order valence-corrected chi connectivity index (χ1v) is 14.6. The van der Waals surface area contributed by atoms with Gasteiger partial charge < -0.3 is 9.73 Å². The molecule has 2 heterocycles. The molecule has 1 aliphatic carbocycles. The molecule has 6 nitrogen and oxygen atoms in total. The number of amides is 1. The van der Waals surface area contributed by atoms with Gasteiger partial charge in [-0.3, -0.25) is 9.52 Å². The molecule has 0 radical (unpaired) electrons. The van der Waals surface area contributed by atoms with Crippen molar-refractivity contribution in [3.8, 4) is 11.1 Å². The first kappa shape index (κ1) is 26.9. The minimum absolute atomic E-state index is 0.0210. The number of furan rings is 1. The van der Waals surface area contributed by atoms with Gasteiger partial charge in [-0.15, -0.1) is 0 Å². The Balaban J connectivity index is 1.38. The molecule has 210 valence electrons. The topological polar surface area (TPSA) is 88.4 Å². The van der Waals surface area contributed by atoms with Crippen LogP contribution in [-0.2, 0) is 33.8 Å². The summed E-state index contributed by atoms with van der Waals surface area (Å²) in [6.07, 6.45) is 0.850. The Labute approximate surface area is 234 Å². The second-order valence-electron chi connectivity index (χ2n) is 10.2. The monoisotopic (exact) mass is 578 g/mol. The maximum absolute atomic E-state index is 13.2. The van der Waals surface area contributed by atoms with E-state index < -0.39 is 27.7 Å². The molecule has 0 spiro atoms. The molecule has 0 unspecified atom stereocenters. The van der Waals surface area contributed by atoms with E-state index in [2.05, 4.69) is 10.0 Å². The summed E-state index contributed by atoms with van der Waals surface area (Å²) >= 11 is 0. The van der Waals surface area contributed by atoms with E-state index in [1.165, 1.54) is 18.2 Å². The van der Waals surface area contributed by atoms with Crippen LogP contribution in [0.25, 0.3) is 22.8 Å². The highest BCUT2D eigenvalue weighted by atomic mass is 32.2. The first-order valence-electron chi connectivity index (χ1n) is 13.1. The lowest BCUT2D eigenvalue weighted by Crippen LogP contribution is -2.13. The predicted octanol–water partition coefficient (Wildman–Crippen LogP) is 7.45. The minimum Gasteiger partial charge on any atom is -0.461 e. The molecule has 10 heteroatoms. The Kier molecular flexibility index (Phi) is 6.53. The van der Waals surface area contributed by atoms with Crippen molar-refractivity contribution in [1.82, 2.24) is 0 Å². The minimum atomic E-state index is -4.54. The van der Waals surface area contributed by atoms with Crippen molar-refractivity contribution >= 4 is 39.0 Å². The zero-order chi connectivity index (χ0) is 28.9. The standard InChI is InChI=1S/C31H25F3N2O4S/c1-18-6-8-19(9-7-18)29-23-4-2-3-5-27(23)40-28(29)17-25-24-16-22(14-15-26(24)35-30(25)37)41(38,39)36-21-12-10-20(11-13-21)31(32,33)34/h6-17,36H,2-5H2,1H3,(H,35,37). The fourth-order valence-corrected chi connectivity index (χ4v) is 6.36. The molecule has 0 saturated heterocycles. The fourth-order valence-electron chi connectivity index (χ4n) is 5.28. The second kappa shape index (κ2) is 9.95. The van der Waals surface area contributed by atoms with Crippen LogP contribution in [0.4, 0.5) is 24.5 Å². The number of alkyl halides is 3. The van der Waals surface area contributed by atoms with Gasteiger partial charge in [0, 0.05) is 34.5 Å². The Morgan fingerprint density at radius 2 is 1.66 bits per heavy atom. The van der Waals surface area contributed by atoms with Crippen LogP contribution in [0.5, 0.6) is 0 Å². The number of benzene rings is 3. The molecular formula is C31H25F3N2O4S. The number of aryl methyl sites for hydroxylation is 2. The van der Waals surface area contributed by atoms with Gasteiger partial charge in [-0.05, 0) is 80.3 Å². The van der Waals surface area contributed by atoms with E-state index in [4.69, 9.17) is 4.42 Å². The van der Waals surface area contributed by atoms with E-state index in [1.54, 1.807) is 6.08 Å². The normalized spacial score (nSPS) is 15.9. The van der Waals surface area contributed by atoms with Gasteiger partial charge in [0.1, 0.15) is 11.5 Å². The average Bonchev–Trinajstić information content (AvgIpc) is 3.45. The van der Waals surface area contributed by atoms with Crippen LogP contribution < -0.4 is 10.0 Å². The number of anilines is 2. The molecule has 0 saturated carbocycles. The summed E-state index contributed by atoms with van der Waals surface area (Å²) in [6, 6.07) is 16.0. The molecule has 3 aromatic carbocycles. The Morgan fingerprint density at radius 3 is 2.37 bits per heavy atom. The van der Waals surface area contributed by atoms with Gasteiger partial charge in [0.2, 0.25) is 0 Å². The van der Waals surface area contributed by atoms with Crippen LogP contribution in [0.15, 0.2) is 76.0 Å². The maximum atomic E-state index is 13.2. The molecule has 2 N–H and O–H groups in total. The third-order valence-electron chi connectivity index (χ3n) is 7.36. The van der Waals surface area contributed by atoms with Gasteiger partial charge in [-0.25, -0.2) is 8.42 Å². The summed E-state index contributed by atoms with van der Waals surface area (Å²) in [5.74, 6) is 1.04. The molecule has 1 amide bonds. The van der Waals surface area contributed by atoms with Gasteiger partial charge in [0.25, 0.3) is 15.9 Å². The smallest absolute Gasteiger partial charge is 0.416 e. The van der Waals surface area contributed by atoms with Crippen molar-refractivity contribution in [3.63, 3.8) is 0 Å². The van der Waals surface area contributed by atoms with E-state index in [9.17, 15) is 26.4 Å². The van der Waals surface area contributed by atoms with Crippen LogP contribution in [0.1, 0.15) is 46.6 Å². The molecule has 41 heavy (non-hydrogen) atoms. The molecule has 4 aromatic rings. The number of nitrogens with one attached hydrogen (secondary N) is 2. The lowest BCUT2D eigenvalue weighted by atomic mass is 9.90. The van der Waals surface area contributed by atoms with Crippen molar-refractivity contribution in [2.45, 2.75) is 43.7 Å². The molecule has 0 bridgehead atoms. The molecule has 6 rings (SSSR count). The summed E-state index contributed by atoms with van der Waals surface area (Å²) < 4.78 is 73.6. The van der Waals surface area contributed by atoms with E-state index in [0.29, 0.717) is 17.0 Å². The Morgan fingerprint density at radius 1 is 0.951 bits per heavy atom. The summed E-state index contributed by atoms with van der Waals surface area (Å²) in [5, 5.41) is 2.77. The largest absolute Gasteiger partial charge is 0.461 e. The van der Waals surface area contributed by atoms with Crippen molar-refractivity contribution < 1.29 is 30.8 Å². The van der Waals surface area contributed by atoms with Crippen molar-refractivity contribution in [3.05, 3.63) is 101 Å². The van der Waals surface area contributed by atoms with Crippen molar-refractivity contribution in [1.29, 1.82) is 0 Å². The zero-order valence-electron chi connectivity index (χ0n) is 21.9. The molecule has 0 atom stereocenters. The van der Waals surface area contributed by atoms with Crippen LogP contribution >= 0.6 is 0 Å². The van der Waals surface area contributed by atoms with Gasteiger partial charge in [-0.2, -0.15) is 13.2 Å². The average molecular weight is 579 g/mol. The molecule has 1 aromatic heterocycles. The van der Waals surface area contributed by atoms with Gasteiger partial charge in [-0.1, -0.05) is 29.8 Å². The van der Waals surface area contributed by atoms with Crippen LogP contribution in [-0.4, -0.2) is 14.3 Å². The molecule has 1 aliphatic heterocycles. The fraction of sp³-hybridized carbons (Fsp3) is 0.194. The van der Waals surface area contributed by atoms with E-state index >= 15 is 0 Å². The summed E-state index contributed by atoms with van der Waals surface area (Å²) in [7, 11) is -4.18. The number of rotatable bonds is 5. The van der Waals surface area contributed by atoms with Crippen LogP contribution in [0.3, 0.4) is 0 Å². The molecule has 2 aliphatic rings. The summed E-state index contributed by atoms with van der Waals surface area (Å²) in [5.41, 5.74) is 4.33. The number of hydrogen-bond acceptors (Lipinski definition) is 4. The van der Waals surface area contributed by atoms with Crippen LogP contribution in [0, 0.1) is 6.92 Å². The SMILES string of the molecule is Cc1ccc(-c2c(C=C3C(=O)Nc4ccc(S(=O)(=O)Nc5ccc(C(F)(F)F)cc5)cc43)oc3c2CCCC3)cc1. The van der Waals surface area contributed by atoms with Gasteiger partial charge >= 0.3 is 6.18 Å². The highest BCUT2D eigenvalue weighted by Gasteiger charge is 2.31. The van der Waals surface area contributed by atoms with E-state index in [1.807, 2.05) is 31.2 Å². The summed E-state index contributed by atoms with van der Waals surface area (Å²) in [4.78, 5) is 12.9. The number of hydrogen-bond donors (Lipinski definition) is 2. The number of carbonyl (C=O) groups is 1. The first-order chi connectivity index (χ1) is 19.5. The summed E-state index contributed by atoms with van der Waals surface area (Å²) in [6.45, 7) is 2.01. The maximum Gasteiger partial charge on any atom is 0.416 e. The molecule has 0 fully saturated rings. The lowest BCUT2D eigenvalue weighted by Gasteiger charge is -2.11. The van der Waals surface area contributed by atoms with E-state index in [-0.39, 0.29) is 16.2 Å². The third kappa shape index (κ3) is 5.15. The Hall–Kier alpha value is -4.31. The third-order valence-corrected chi connectivity index (χ3v) is 8.74. The number of sulfonamides is 1. The van der Waals surface area contributed by atoms with Gasteiger partial charge in [0.05, 0.1) is 16.0 Å². The highest BCUT2D eigenvalue weighted by molar-refractivity contribution is 7.92. The quantitative estimate of drug-likeness (QED) is 0.241. The number of halogens is 3. The zero-order valence-corrected chi connectivity index (χ0v) is 22.7. The second-order valence-corrected chi connectivity index (χ2v) is 11.9. The van der Waals surface area contributed by atoms with E-state index in [0.717, 1.165) is 78.0 Å². The lowest BCUT2D eigenvalue weighted by molar-refractivity contribution is -0.137. The van der Waals surface area contributed by atoms with Crippen molar-refractivity contribution in [2.75, 3.05) is 10.0 Å². The highest BCUT2D eigenvalue weighted by Crippen LogP contribution is 2.41. The number of fused-ring (bicyclic) bond motifs is 2.